The van der Waals surface area contributed by atoms with Crippen molar-refractivity contribution < 1.29 is 13.2 Å². The average molecular weight is 510 g/mol. The van der Waals surface area contributed by atoms with Crippen molar-refractivity contribution in [2.45, 2.75) is 11.6 Å². The van der Waals surface area contributed by atoms with Crippen molar-refractivity contribution in [1.29, 1.82) is 0 Å². The summed E-state index contributed by atoms with van der Waals surface area (Å²) >= 11 is 0. The third kappa shape index (κ3) is 4.60. The Labute approximate surface area is 214 Å². The van der Waals surface area contributed by atoms with Crippen LogP contribution in [0.5, 0.6) is 0 Å². The number of pyridine rings is 2. The monoisotopic (exact) mass is 509 g/mol. The van der Waals surface area contributed by atoms with Crippen LogP contribution in [0.1, 0.15) is 5.69 Å². The molecule has 0 bridgehead atoms. The molecule has 2 amide bonds. The van der Waals surface area contributed by atoms with Crippen LogP contribution in [0.4, 0.5) is 10.5 Å². The van der Waals surface area contributed by atoms with Crippen molar-refractivity contribution in [3.63, 3.8) is 0 Å². The minimum atomic E-state index is -4.53. The van der Waals surface area contributed by atoms with Gasteiger partial charge in [0.25, 0.3) is 10.0 Å². The quantitative estimate of drug-likeness (QED) is 0.316. The number of sulfonamides is 1. The molecule has 37 heavy (non-hydrogen) atoms. The van der Waals surface area contributed by atoms with Gasteiger partial charge in [0.1, 0.15) is 0 Å². The Morgan fingerprint density at radius 2 is 1.54 bits per heavy atom. The Bertz CT molecular complexity index is 1710. The Kier molecular flexibility index (Phi) is 6.29. The molecular formula is C28H23N5O3S. The van der Waals surface area contributed by atoms with E-state index in [0.717, 1.165) is 5.56 Å². The Morgan fingerprint density at radius 3 is 2.24 bits per heavy atom. The summed E-state index contributed by atoms with van der Waals surface area (Å²) in [5.41, 5.74) is 15.0. The summed E-state index contributed by atoms with van der Waals surface area (Å²) < 4.78 is 28.9. The third-order valence-corrected chi connectivity index (χ3v) is 7.63. The number of urea groups is 1. The van der Waals surface area contributed by atoms with E-state index in [4.69, 9.17) is 11.5 Å². The lowest BCUT2D eigenvalue weighted by molar-refractivity contribution is 0.230. The molecule has 8 nitrogen and oxygen atoms in total. The fraction of sp³-hybridized carbons (Fsp3) is 0.0357. The molecule has 0 aliphatic carbocycles. The molecule has 0 saturated heterocycles. The van der Waals surface area contributed by atoms with Crippen molar-refractivity contribution in [3.05, 3.63) is 109 Å². The molecule has 0 unspecified atom stereocenters. The van der Waals surface area contributed by atoms with Crippen LogP contribution in [-0.4, -0.2) is 28.7 Å². The maximum atomic E-state index is 14.1. The Hall–Kier alpha value is -4.76. The zero-order chi connectivity index (χ0) is 26.0. The zero-order valence-electron chi connectivity index (χ0n) is 19.7. The molecule has 2 heterocycles. The second kappa shape index (κ2) is 9.71. The molecule has 0 radical (unpaired) electrons. The van der Waals surface area contributed by atoms with Gasteiger partial charge in [-0.25, -0.2) is 14.1 Å². The highest BCUT2D eigenvalue weighted by Crippen LogP contribution is 2.37. The number of nitrogen functional groups attached to an aromatic ring is 1. The summed E-state index contributed by atoms with van der Waals surface area (Å²) in [6.07, 6.45) is 1.51. The van der Waals surface area contributed by atoms with E-state index in [9.17, 15) is 13.2 Å². The summed E-state index contributed by atoms with van der Waals surface area (Å²) in [5.74, 6) is 0. The summed E-state index contributed by atoms with van der Waals surface area (Å²) in [6.45, 7) is -0.340. The standard InChI is InChI=1S/C28H23N5O3S/c29-24-15-5-4-13-23(24)25-17-20-11-8-14-22(19-9-2-1-3-10-19)26(20)27(32-25)37(35,36)33(28(30)34)18-21-12-6-7-16-31-21/h1-17H,18,29H2,(H2,30,34). The van der Waals surface area contributed by atoms with Gasteiger partial charge >= 0.3 is 6.03 Å². The molecule has 4 N–H and O–H groups in total. The summed E-state index contributed by atoms with van der Waals surface area (Å²) in [5, 5.41) is 0.701. The minimum absolute atomic E-state index is 0.294. The van der Waals surface area contributed by atoms with E-state index in [1.54, 1.807) is 54.6 Å². The summed E-state index contributed by atoms with van der Waals surface area (Å²) in [7, 11) is -4.53. The molecule has 0 aliphatic heterocycles. The lowest BCUT2D eigenvalue weighted by Gasteiger charge is -2.22. The van der Waals surface area contributed by atoms with Crippen LogP contribution in [0, 0.1) is 0 Å². The van der Waals surface area contributed by atoms with Crippen molar-refractivity contribution >= 4 is 32.5 Å². The van der Waals surface area contributed by atoms with E-state index in [2.05, 4.69) is 9.97 Å². The molecule has 9 heteroatoms. The first-order chi connectivity index (χ1) is 17.9. The topological polar surface area (TPSA) is 132 Å². The number of carbonyl (C=O) groups excluding carboxylic acids is 1. The highest BCUT2D eigenvalue weighted by Gasteiger charge is 2.33. The number of benzene rings is 3. The number of hydrogen-bond acceptors (Lipinski definition) is 6. The highest BCUT2D eigenvalue weighted by atomic mass is 32.2. The lowest BCUT2D eigenvalue weighted by atomic mass is 9.98. The van der Waals surface area contributed by atoms with Gasteiger partial charge in [-0.1, -0.05) is 72.8 Å². The fourth-order valence-corrected chi connectivity index (χ4v) is 5.66. The van der Waals surface area contributed by atoms with Gasteiger partial charge in [-0.2, -0.15) is 8.42 Å². The van der Waals surface area contributed by atoms with Crippen LogP contribution in [0.3, 0.4) is 0 Å². The van der Waals surface area contributed by atoms with Gasteiger partial charge in [0.2, 0.25) is 0 Å². The smallest absolute Gasteiger partial charge is 0.329 e. The number of fused-ring (bicyclic) bond motifs is 1. The van der Waals surface area contributed by atoms with Crippen LogP contribution >= 0.6 is 0 Å². The van der Waals surface area contributed by atoms with Crippen LogP contribution in [-0.2, 0) is 16.6 Å². The number of primary amides is 1. The first kappa shape index (κ1) is 24.0. The van der Waals surface area contributed by atoms with Crippen LogP contribution in [0.15, 0.2) is 108 Å². The van der Waals surface area contributed by atoms with E-state index in [0.29, 0.717) is 43.3 Å². The molecule has 184 valence electrons. The maximum Gasteiger partial charge on any atom is 0.329 e. The van der Waals surface area contributed by atoms with Crippen LogP contribution in [0.25, 0.3) is 33.2 Å². The highest BCUT2D eigenvalue weighted by molar-refractivity contribution is 7.89. The molecular weight excluding hydrogens is 486 g/mol. The zero-order valence-corrected chi connectivity index (χ0v) is 20.5. The van der Waals surface area contributed by atoms with Gasteiger partial charge < -0.3 is 11.5 Å². The number of rotatable bonds is 6. The van der Waals surface area contributed by atoms with Gasteiger partial charge in [-0.05, 0) is 40.8 Å². The lowest BCUT2D eigenvalue weighted by Crippen LogP contribution is -2.40. The number of para-hydroxylation sites is 1. The van der Waals surface area contributed by atoms with Crippen molar-refractivity contribution in [2.24, 2.45) is 5.73 Å². The van der Waals surface area contributed by atoms with E-state index >= 15 is 0 Å². The molecule has 0 atom stereocenters. The fourth-order valence-electron chi connectivity index (χ4n) is 4.21. The summed E-state index contributed by atoms with van der Waals surface area (Å²) in [4.78, 5) is 21.3. The number of hydrogen-bond donors (Lipinski definition) is 2. The molecule has 3 aromatic carbocycles. The van der Waals surface area contributed by atoms with Crippen molar-refractivity contribution in [3.8, 4) is 22.4 Å². The summed E-state index contributed by atoms with van der Waals surface area (Å²) in [6, 6.07) is 27.6. The average Bonchev–Trinajstić information content (AvgIpc) is 2.92. The number of amides is 2. The predicted octanol–water partition coefficient (Wildman–Crippen LogP) is 4.82. The van der Waals surface area contributed by atoms with Crippen LogP contribution in [0.2, 0.25) is 0 Å². The first-order valence-electron chi connectivity index (χ1n) is 11.4. The Balaban J connectivity index is 1.81. The third-order valence-electron chi connectivity index (χ3n) is 5.96. The van der Waals surface area contributed by atoms with Gasteiger partial charge in [0.15, 0.2) is 5.03 Å². The number of anilines is 1. The van der Waals surface area contributed by atoms with E-state index in [1.807, 2.05) is 42.5 Å². The second-order valence-electron chi connectivity index (χ2n) is 8.34. The van der Waals surface area contributed by atoms with Gasteiger partial charge in [-0.15, -0.1) is 0 Å². The normalized spacial score (nSPS) is 11.4. The van der Waals surface area contributed by atoms with Gasteiger partial charge in [-0.3, -0.25) is 4.98 Å². The Morgan fingerprint density at radius 1 is 0.838 bits per heavy atom. The minimum Gasteiger partial charge on any atom is -0.398 e. The van der Waals surface area contributed by atoms with E-state index < -0.39 is 16.1 Å². The molecule has 2 aromatic heterocycles. The maximum absolute atomic E-state index is 14.1. The number of nitrogens with two attached hydrogens (primary N) is 2. The molecule has 5 aromatic rings. The van der Waals surface area contributed by atoms with Gasteiger partial charge in [0, 0.05) is 22.8 Å². The number of carbonyl (C=O) groups is 1. The molecule has 0 aliphatic rings. The number of nitrogens with zero attached hydrogens (tertiary/aromatic N) is 3. The predicted molar refractivity (Wildman–Crippen MR) is 144 cm³/mol. The molecule has 0 spiro atoms. The first-order valence-corrected chi connectivity index (χ1v) is 12.9. The van der Waals surface area contributed by atoms with Crippen LogP contribution < -0.4 is 11.5 Å². The van der Waals surface area contributed by atoms with E-state index in [-0.39, 0.29) is 11.6 Å². The van der Waals surface area contributed by atoms with Gasteiger partial charge in [0.05, 0.1) is 17.9 Å². The van der Waals surface area contributed by atoms with Crippen molar-refractivity contribution in [1.82, 2.24) is 14.3 Å². The van der Waals surface area contributed by atoms with Crippen molar-refractivity contribution in [2.75, 3.05) is 5.73 Å². The molecule has 5 rings (SSSR count). The van der Waals surface area contributed by atoms with E-state index in [1.165, 1.54) is 6.20 Å². The number of aromatic nitrogens is 2. The molecule has 0 saturated carbocycles. The second-order valence-corrected chi connectivity index (χ2v) is 10.1. The largest absolute Gasteiger partial charge is 0.398 e. The SMILES string of the molecule is NC(=O)N(Cc1ccccn1)S(=O)(=O)c1nc(-c2ccccc2N)cc2cccc(-c3ccccc3)c12. The molecule has 0 fully saturated rings.